The molecule has 0 fully saturated rings. The fourth-order valence-corrected chi connectivity index (χ4v) is 1.90. The molecule has 1 unspecified atom stereocenters. The summed E-state index contributed by atoms with van der Waals surface area (Å²) in [4.78, 5) is 25.7. The van der Waals surface area contributed by atoms with Crippen LogP contribution < -0.4 is 0 Å². The highest BCUT2D eigenvalue weighted by Crippen LogP contribution is 2.34. The Labute approximate surface area is 105 Å². The summed E-state index contributed by atoms with van der Waals surface area (Å²) in [6.45, 7) is 5.40. The highest BCUT2D eigenvalue weighted by atomic mass is 16.7. The molecule has 0 bridgehead atoms. The van der Waals surface area contributed by atoms with Crippen molar-refractivity contribution in [1.29, 1.82) is 0 Å². The van der Waals surface area contributed by atoms with E-state index in [0.717, 1.165) is 12.0 Å². The first-order valence-electron chi connectivity index (χ1n) is 5.75. The van der Waals surface area contributed by atoms with E-state index in [1.807, 2.05) is 6.92 Å². The molecule has 1 rings (SSSR count). The second-order valence-electron chi connectivity index (χ2n) is 4.16. The van der Waals surface area contributed by atoms with Crippen LogP contribution in [-0.4, -0.2) is 4.92 Å². The summed E-state index contributed by atoms with van der Waals surface area (Å²) in [5.41, 5.74) is 1.84. The Bertz CT molecular complexity index is 460. The summed E-state index contributed by atoms with van der Waals surface area (Å²) >= 11 is 0. The number of nitro benzene ring substituents is 1. The summed E-state index contributed by atoms with van der Waals surface area (Å²) < 4.78 is 0. The second-order valence-corrected chi connectivity index (χ2v) is 4.16. The van der Waals surface area contributed by atoms with E-state index in [0.29, 0.717) is 17.5 Å². The minimum Gasteiger partial charge on any atom is -0.356 e. The number of hydrogen-bond donors (Lipinski definition) is 0. The zero-order chi connectivity index (χ0) is 13.7. The highest BCUT2D eigenvalue weighted by Gasteiger charge is 2.26. The van der Waals surface area contributed by atoms with Gasteiger partial charge in [0.25, 0.3) is 5.69 Å². The Balaban J connectivity index is 3.32. The molecular weight excluding hydrogens is 236 g/mol. The largest absolute Gasteiger partial charge is 0.356 e. The van der Waals surface area contributed by atoms with Crippen molar-refractivity contribution < 1.29 is 9.76 Å². The minimum atomic E-state index is -0.660. The van der Waals surface area contributed by atoms with Crippen molar-refractivity contribution in [3.8, 4) is 0 Å². The van der Waals surface area contributed by atoms with Gasteiger partial charge in [-0.3, -0.25) is 10.1 Å². The minimum absolute atomic E-state index is 0.0112. The third-order valence-electron chi connectivity index (χ3n) is 2.98. The molecule has 1 aromatic carbocycles. The van der Waals surface area contributed by atoms with Crippen molar-refractivity contribution in [1.82, 2.24) is 0 Å². The molecule has 0 N–H and O–H groups in total. The van der Waals surface area contributed by atoms with Gasteiger partial charge >= 0.3 is 0 Å². The van der Waals surface area contributed by atoms with Crippen LogP contribution in [0.25, 0.3) is 0 Å². The first kappa shape index (κ1) is 14.1. The van der Waals surface area contributed by atoms with Gasteiger partial charge in [-0.2, -0.15) is 0 Å². The number of nitrogens with zero attached hydrogens (tertiary/aromatic N) is 2. The molecule has 0 spiro atoms. The Morgan fingerprint density at radius 3 is 2.61 bits per heavy atom. The van der Waals surface area contributed by atoms with Crippen molar-refractivity contribution in [2.24, 2.45) is 5.34 Å². The number of nitro groups is 1. The highest BCUT2D eigenvalue weighted by molar-refractivity contribution is 5.51. The van der Waals surface area contributed by atoms with Gasteiger partial charge < -0.3 is 4.84 Å². The summed E-state index contributed by atoms with van der Waals surface area (Å²) in [5, 5.41) is 13.6. The van der Waals surface area contributed by atoms with Crippen LogP contribution in [-0.2, 0) is 4.84 Å². The first-order chi connectivity index (χ1) is 8.52. The van der Waals surface area contributed by atoms with E-state index >= 15 is 0 Å². The normalized spacial score (nSPS) is 11.9. The topological polar surface area (TPSA) is 81.8 Å². The van der Waals surface area contributed by atoms with Crippen LogP contribution in [0.5, 0.6) is 0 Å². The van der Waals surface area contributed by atoms with Gasteiger partial charge in [0.15, 0.2) is 11.4 Å². The lowest BCUT2D eigenvalue weighted by atomic mass is 9.97. The maximum atomic E-state index is 11.1. The van der Waals surface area contributed by atoms with Gasteiger partial charge in [-0.25, -0.2) is 0 Å². The number of rotatable bonds is 6. The molecule has 0 aliphatic heterocycles. The predicted molar refractivity (Wildman–Crippen MR) is 67.1 cm³/mol. The maximum absolute atomic E-state index is 11.1. The van der Waals surface area contributed by atoms with E-state index in [9.17, 15) is 15.0 Å². The van der Waals surface area contributed by atoms with Gasteiger partial charge in [-0.05, 0) is 31.9 Å². The molecule has 6 nitrogen and oxygen atoms in total. The predicted octanol–water partition coefficient (Wildman–Crippen LogP) is 3.75. The molecular formula is C12H16N2O4. The molecule has 98 valence electrons. The molecule has 0 aromatic heterocycles. The Morgan fingerprint density at radius 1 is 1.44 bits per heavy atom. The third kappa shape index (κ3) is 2.82. The number of benzene rings is 1. The van der Waals surface area contributed by atoms with Gasteiger partial charge in [0.1, 0.15) is 0 Å². The number of aryl methyl sites for hydroxylation is 1. The molecule has 0 heterocycles. The fourth-order valence-electron chi connectivity index (χ4n) is 1.90. The monoisotopic (exact) mass is 252 g/mol. The molecule has 1 aromatic rings. The van der Waals surface area contributed by atoms with Crippen LogP contribution in [0.15, 0.2) is 17.5 Å². The van der Waals surface area contributed by atoms with Crippen LogP contribution in [0.2, 0.25) is 0 Å². The zero-order valence-electron chi connectivity index (χ0n) is 10.7. The van der Waals surface area contributed by atoms with Crippen LogP contribution in [0, 0.1) is 28.9 Å². The standard InChI is InChI=1S/C12H16N2O4/c1-4-5-11(18-13-15)10-7-6-8(2)9(3)12(10)14(16)17/h6-7,11H,4-5H2,1-3H3. The van der Waals surface area contributed by atoms with E-state index in [1.165, 1.54) is 0 Å². The number of hydrogen-bond acceptors (Lipinski definition) is 5. The molecule has 0 radical (unpaired) electrons. The lowest BCUT2D eigenvalue weighted by Gasteiger charge is -2.14. The van der Waals surface area contributed by atoms with Crippen molar-refractivity contribution in [3.05, 3.63) is 43.8 Å². The third-order valence-corrected chi connectivity index (χ3v) is 2.98. The maximum Gasteiger partial charge on any atom is 0.279 e. The summed E-state index contributed by atoms with van der Waals surface area (Å²) in [6, 6.07) is 3.42. The van der Waals surface area contributed by atoms with E-state index in [-0.39, 0.29) is 5.69 Å². The van der Waals surface area contributed by atoms with E-state index < -0.39 is 11.0 Å². The molecule has 0 amide bonds. The zero-order valence-corrected chi connectivity index (χ0v) is 10.7. The molecule has 0 aliphatic carbocycles. The van der Waals surface area contributed by atoms with Gasteiger partial charge in [0.2, 0.25) is 0 Å². The molecule has 0 saturated heterocycles. The molecule has 18 heavy (non-hydrogen) atoms. The van der Waals surface area contributed by atoms with Crippen LogP contribution in [0.4, 0.5) is 5.69 Å². The van der Waals surface area contributed by atoms with Gasteiger partial charge in [0, 0.05) is 5.56 Å². The SMILES string of the molecule is CCCC(ON=O)c1ccc(C)c(C)c1[N+](=O)[O-]. The molecule has 1 atom stereocenters. The Morgan fingerprint density at radius 2 is 2.11 bits per heavy atom. The van der Waals surface area contributed by atoms with Crippen molar-refractivity contribution in [3.63, 3.8) is 0 Å². The summed E-state index contributed by atoms with van der Waals surface area (Å²) in [5.74, 6) is 0. The first-order valence-corrected chi connectivity index (χ1v) is 5.75. The van der Waals surface area contributed by atoms with Gasteiger partial charge in [0.05, 0.1) is 10.5 Å². The average molecular weight is 252 g/mol. The van der Waals surface area contributed by atoms with Gasteiger partial charge in [-0.15, -0.1) is 4.91 Å². The van der Waals surface area contributed by atoms with Crippen molar-refractivity contribution >= 4 is 5.69 Å². The van der Waals surface area contributed by atoms with Crippen LogP contribution in [0.3, 0.4) is 0 Å². The summed E-state index contributed by atoms with van der Waals surface area (Å²) in [7, 11) is 0. The van der Waals surface area contributed by atoms with Crippen molar-refractivity contribution in [2.45, 2.75) is 39.7 Å². The smallest absolute Gasteiger partial charge is 0.279 e. The average Bonchev–Trinajstić information content (AvgIpc) is 2.31. The Kier molecular flexibility index (Phi) is 4.76. The summed E-state index contributed by atoms with van der Waals surface area (Å²) in [6.07, 6.45) is 0.589. The van der Waals surface area contributed by atoms with Crippen molar-refractivity contribution in [2.75, 3.05) is 0 Å². The quantitative estimate of drug-likeness (QED) is 0.438. The van der Waals surface area contributed by atoms with E-state index in [1.54, 1.807) is 26.0 Å². The lowest BCUT2D eigenvalue weighted by molar-refractivity contribution is -0.386. The fraction of sp³-hybridized carbons (Fsp3) is 0.500. The molecule has 0 aliphatic rings. The van der Waals surface area contributed by atoms with E-state index in [2.05, 4.69) is 5.34 Å². The Hall–Kier alpha value is -1.98. The van der Waals surface area contributed by atoms with Gasteiger partial charge in [-0.1, -0.05) is 19.4 Å². The van der Waals surface area contributed by atoms with Crippen LogP contribution in [0.1, 0.15) is 42.6 Å². The molecule has 0 saturated carbocycles. The second kappa shape index (κ2) is 6.09. The molecule has 6 heteroatoms. The van der Waals surface area contributed by atoms with E-state index in [4.69, 9.17) is 4.84 Å². The lowest BCUT2D eigenvalue weighted by Crippen LogP contribution is -2.06. The van der Waals surface area contributed by atoms with Crippen LogP contribution >= 0.6 is 0 Å².